The van der Waals surface area contributed by atoms with E-state index in [9.17, 15) is 22.8 Å². The Hall–Kier alpha value is -3.56. The molecule has 3 aromatic rings. The first-order valence-electron chi connectivity index (χ1n) is 9.80. The minimum atomic E-state index is -4.49. The fraction of sp³-hybridized carbons (Fsp3) is 0.286. The summed E-state index contributed by atoms with van der Waals surface area (Å²) >= 11 is 0. The maximum absolute atomic E-state index is 13.1. The Labute approximate surface area is 175 Å². The Bertz CT molecular complexity index is 1130. The van der Waals surface area contributed by atoms with Crippen LogP contribution in [0.15, 0.2) is 59.4 Å². The van der Waals surface area contributed by atoms with Crippen LogP contribution in [-0.2, 0) is 12.7 Å². The lowest BCUT2D eigenvalue weighted by molar-refractivity contribution is -0.137. The zero-order chi connectivity index (χ0) is 22.0. The van der Waals surface area contributed by atoms with Gasteiger partial charge in [-0.2, -0.15) is 13.2 Å². The summed E-state index contributed by atoms with van der Waals surface area (Å²) in [6.45, 7) is 0.217. The van der Waals surface area contributed by atoms with Gasteiger partial charge in [0.25, 0.3) is 0 Å². The molecule has 1 aliphatic carbocycles. The molecule has 31 heavy (non-hydrogen) atoms. The molecule has 0 spiro atoms. The van der Waals surface area contributed by atoms with Gasteiger partial charge in [0.2, 0.25) is 0 Å². The SMILES string of the molecule is O=C(NCCn1nc(-c2cccc(C(F)(F)F)c2)n(C2CC2)c1=O)Nc1ccccc1. The van der Waals surface area contributed by atoms with E-state index < -0.39 is 23.5 Å². The molecule has 1 fully saturated rings. The van der Waals surface area contributed by atoms with Gasteiger partial charge in [0.15, 0.2) is 5.82 Å². The number of nitrogens with zero attached hydrogens (tertiary/aromatic N) is 3. The molecule has 1 aliphatic rings. The summed E-state index contributed by atoms with van der Waals surface area (Å²) in [4.78, 5) is 24.8. The number of anilines is 1. The summed E-state index contributed by atoms with van der Waals surface area (Å²) in [5, 5.41) is 9.58. The van der Waals surface area contributed by atoms with E-state index in [2.05, 4.69) is 15.7 Å². The second-order valence-electron chi connectivity index (χ2n) is 7.26. The van der Waals surface area contributed by atoms with Crippen molar-refractivity contribution in [3.63, 3.8) is 0 Å². The molecule has 2 aromatic carbocycles. The Morgan fingerprint density at radius 1 is 1.10 bits per heavy atom. The molecule has 2 N–H and O–H groups in total. The number of amides is 2. The molecule has 1 heterocycles. The molecule has 0 bridgehead atoms. The van der Waals surface area contributed by atoms with Gasteiger partial charge in [-0.1, -0.05) is 30.3 Å². The maximum Gasteiger partial charge on any atom is 0.416 e. The lowest BCUT2D eigenvalue weighted by Crippen LogP contribution is -2.34. The number of aromatic nitrogens is 3. The Balaban J connectivity index is 1.50. The molecule has 1 saturated carbocycles. The van der Waals surface area contributed by atoms with Gasteiger partial charge in [-0.05, 0) is 37.1 Å². The molecule has 0 unspecified atom stereocenters. The van der Waals surface area contributed by atoms with Crippen LogP contribution in [-0.4, -0.2) is 26.9 Å². The molecule has 10 heteroatoms. The van der Waals surface area contributed by atoms with Crippen LogP contribution < -0.4 is 16.3 Å². The van der Waals surface area contributed by atoms with Crippen LogP contribution in [0.1, 0.15) is 24.4 Å². The molecule has 2 amide bonds. The van der Waals surface area contributed by atoms with Crippen LogP contribution in [0.3, 0.4) is 0 Å². The van der Waals surface area contributed by atoms with E-state index >= 15 is 0 Å². The van der Waals surface area contributed by atoms with Crippen molar-refractivity contribution < 1.29 is 18.0 Å². The predicted octanol–water partition coefficient (Wildman–Crippen LogP) is 3.89. The van der Waals surface area contributed by atoms with Crippen LogP contribution in [0.2, 0.25) is 0 Å². The van der Waals surface area contributed by atoms with Crippen molar-refractivity contribution in [2.75, 3.05) is 11.9 Å². The lowest BCUT2D eigenvalue weighted by Gasteiger charge is -2.09. The van der Waals surface area contributed by atoms with E-state index in [1.807, 2.05) is 6.07 Å². The third-order valence-corrected chi connectivity index (χ3v) is 4.87. The smallest absolute Gasteiger partial charge is 0.336 e. The number of rotatable bonds is 6. The first-order chi connectivity index (χ1) is 14.8. The van der Waals surface area contributed by atoms with Gasteiger partial charge in [-0.3, -0.25) is 4.57 Å². The number of carbonyl (C=O) groups excluding carboxylic acids is 1. The van der Waals surface area contributed by atoms with Crippen molar-refractivity contribution in [1.29, 1.82) is 0 Å². The summed E-state index contributed by atoms with van der Waals surface area (Å²) in [6.07, 6.45) is -2.94. The number of para-hydroxylation sites is 1. The van der Waals surface area contributed by atoms with Gasteiger partial charge in [-0.25, -0.2) is 14.3 Å². The van der Waals surface area contributed by atoms with Crippen molar-refractivity contribution in [1.82, 2.24) is 19.7 Å². The van der Waals surface area contributed by atoms with E-state index in [4.69, 9.17) is 0 Å². The molecule has 1 aromatic heterocycles. The second kappa shape index (κ2) is 8.29. The van der Waals surface area contributed by atoms with Gasteiger partial charge in [-0.15, -0.1) is 5.10 Å². The van der Waals surface area contributed by atoms with Gasteiger partial charge < -0.3 is 10.6 Å². The lowest BCUT2D eigenvalue weighted by atomic mass is 10.1. The normalized spacial score (nSPS) is 13.8. The van der Waals surface area contributed by atoms with Crippen LogP contribution >= 0.6 is 0 Å². The largest absolute Gasteiger partial charge is 0.416 e. The maximum atomic E-state index is 13.1. The second-order valence-corrected chi connectivity index (χ2v) is 7.26. The zero-order valence-electron chi connectivity index (χ0n) is 16.4. The summed E-state index contributed by atoms with van der Waals surface area (Å²) in [5.74, 6) is 0.201. The van der Waals surface area contributed by atoms with Crippen molar-refractivity contribution in [3.8, 4) is 11.4 Å². The number of halogens is 3. The fourth-order valence-electron chi connectivity index (χ4n) is 3.23. The number of urea groups is 1. The first kappa shape index (κ1) is 20.7. The van der Waals surface area contributed by atoms with Gasteiger partial charge in [0.1, 0.15) is 0 Å². The molecule has 7 nitrogen and oxygen atoms in total. The molecular weight excluding hydrogens is 411 g/mol. The number of nitrogens with one attached hydrogen (secondary N) is 2. The molecule has 0 saturated heterocycles. The van der Waals surface area contributed by atoms with E-state index in [1.165, 1.54) is 21.4 Å². The summed E-state index contributed by atoms with van der Waals surface area (Å²) < 4.78 is 41.9. The predicted molar refractivity (Wildman–Crippen MR) is 109 cm³/mol. The van der Waals surface area contributed by atoms with Crippen LogP contribution in [0, 0.1) is 0 Å². The third-order valence-electron chi connectivity index (χ3n) is 4.87. The van der Waals surface area contributed by atoms with Crippen molar-refractivity contribution in [2.24, 2.45) is 0 Å². The van der Waals surface area contributed by atoms with Crippen molar-refractivity contribution in [3.05, 3.63) is 70.6 Å². The topological polar surface area (TPSA) is 81.0 Å². The molecule has 0 aliphatic heterocycles. The summed E-state index contributed by atoms with van der Waals surface area (Å²) in [6, 6.07) is 13.2. The summed E-state index contributed by atoms with van der Waals surface area (Å²) in [5.41, 5.74) is -0.344. The molecule has 162 valence electrons. The Morgan fingerprint density at radius 3 is 2.52 bits per heavy atom. The van der Waals surface area contributed by atoms with Crippen LogP contribution in [0.25, 0.3) is 11.4 Å². The number of benzene rings is 2. The van der Waals surface area contributed by atoms with E-state index in [0.29, 0.717) is 5.69 Å². The number of carbonyl (C=O) groups is 1. The first-order valence-corrected chi connectivity index (χ1v) is 9.80. The Kier molecular flexibility index (Phi) is 5.53. The van der Waals surface area contributed by atoms with Crippen molar-refractivity contribution in [2.45, 2.75) is 31.6 Å². The minimum Gasteiger partial charge on any atom is -0.336 e. The number of hydrogen-bond acceptors (Lipinski definition) is 3. The third kappa shape index (κ3) is 4.79. The van der Waals surface area contributed by atoms with E-state index in [-0.39, 0.29) is 30.5 Å². The molecule has 4 rings (SSSR count). The van der Waals surface area contributed by atoms with Crippen molar-refractivity contribution >= 4 is 11.7 Å². The molecule has 0 radical (unpaired) electrons. The minimum absolute atomic E-state index is 0.0693. The van der Waals surface area contributed by atoms with E-state index in [1.54, 1.807) is 24.3 Å². The summed E-state index contributed by atoms with van der Waals surface area (Å²) in [7, 11) is 0. The average Bonchev–Trinajstić information content (AvgIpc) is 3.52. The van der Waals surface area contributed by atoms with Gasteiger partial charge >= 0.3 is 17.9 Å². The fourth-order valence-corrected chi connectivity index (χ4v) is 3.23. The highest BCUT2D eigenvalue weighted by Crippen LogP contribution is 2.37. The zero-order valence-corrected chi connectivity index (χ0v) is 16.4. The quantitative estimate of drug-likeness (QED) is 0.622. The highest BCUT2D eigenvalue weighted by molar-refractivity contribution is 5.89. The Morgan fingerprint density at radius 2 is 1.84 bits per heavy atom. The van der Waals surface area contributed by atoms with E-state index in [0.717, 1.165) is 25.0 Å². The highest BCUT2D eigenvalue weighted by Gasteiger charge is 2.33. The number of alkyl halides is 3. The monoisotopic (exact) mass is 431 g/mol. The van der Waals surface area contributed by atoms with Crippen LogP contribution in [0.4, 0.5) is 23.7 Å². The highest BCUT2D eigenvalue weighted by atomic mass is 19.4. The molecular formula is C21H20F3N5O2. The average molecular weight is 431 g/mol. The van der Waals surface area contributed by atoms with Crippen LogP contribution in [0.5, 0.6) is 0 Å². The van der Waals surface area contributed by atoms with Gasteiger partial charge in [0.05, 0.1) is 12.1 Å². The molecule has 0 atom stereocenters. The van der Waals surface area contributed by atoms with Gasteiger partial charge in [0, 0.05) is 23.8 Å². The number of hydrogen-bond donors (Lipinski definition) is 2. The standard InChI is InChI=1S/C21H20F3N5O2/c22-21(23,24)15-6-4-5-14(13-15)18-27-28(20(31)29(18)17-9-10-17)12-11-25-19(30)26-16-7-2-1-3-8-16/h1-8,13,17H,9-12H2,(H2,25,26,30).